The van der Waals surface area contributed by atoms with Crippen molar-refractivity contribution >= 4 is 11.8 Å². The Balaban J connectivity index is 1.50. The van der Waals surface area contributed by atoms with Crippen LogP contribution in [0.15, 0.2) is 48.9 Å². The molecule has 148 valence electrons. The number of hydrogen-bond acceptors (Lipinski definition) is 5. The Labute approximate surface area is 168 Å². The number of nitrogens with one attached hydrogen (secondary N) is 2. The molecule has 0 aromatic carbocycles. The number of amides is 2. The first-order valence-electron chi connectivity index (χ1n) is 9.67. The van der Waals surface area contributed by atoms with Crippen molar-refractivity contribution < 1.29 is 9.59 Å². The topological polar surface area (TPSA) is 102 Å². The second kappa shape index (κ2) is 8.64. The molecule has 8 heteroatoms. The third-order valence-corrected chi connectivity index (χ3v) is 4.89. The number of hydrogen-bond donors (Lipinski definition) is 2. The van der Waals surface area contributed by atoms with Gasteiger partial charge in [-0.3, -0.25) is 19.6 Å². The molecule has 2 N–H and O–H groups in total. The van der Waals surface area contributed by atoms with Gasteiger partial charge >= 0.3 is 0 Å². The maximum atomic E-state index is 12.8. The first-order chi connectivity index (χ1) is 14.2. The fourth-order valence-electron chi connectivity index (χ4n) is 3.42. The Hall–Kier alpha value is -3.55. The molecule has 1 aliphatic rings. The lowest BCUT2D eigenvalue weighted by molar-refractivity contribution is 0.0935. The van der Waals surface area contributed by atoms with E-state index < -0.39 is 0 Å². The van der Waals surface area contributed by atoms with Crippen LogP contribution in [0, 0.1) is 0 Å². The van der Waals surface area contributed by atoms with Crippen molar-refractivity contribution in [3.05, 3.63) is 77.4 Å². The van der Waals surface area contributed by atoms with Gasteiger partial charge in [0, 0.05) is 31.7 Å². The molecule has 0 saturated carbocycles. The predicted molar refractivity (Wildman–Crippen MR) is 106 cm³/mol. The zero-order valence-electron chi connectivity index (χ0n) is 16.0. The molecule has 0 radical (unpaired) electrons. The average Bonchev–Trinajstić information content (AvgIpc) is 3.17. The van der Waals surface area contributed by atoms with Gasteiger partial charge in [0.15, 0.2) is 5.82 Å². The van der Waals surface area contributed by atoms with E-state index in [4.69, 9.17) is 0 Å². The van der Waals surface area contributed by atoms with Gasteiger partial charge in [-0.25, -0.2) is 4.98 Å². The van der Waals surface area contributed by atoms with Crippen LogP contribution in [0.5, 0.6) is 0 Å². The van der Waals surface area contributed by atoms with Crippen molar-refractivity contribution in [1.29, 1.82) is 0 Å². The van der Waals surface area contributed by atoms with Crippen LogP contribution < -0.4 is 10.6 Å². The van der Waals surface area contributed by atoms with E-state index >= 15 is 0 Å². The van der Waals surface area contributed by atoms with Crippen molar-refractivity contribution in [3.63, 3.8) is 0 Å². The Kier molecular flexibility index (Phi) is 5.60. The summed E-state index contributed by atoms with van der Waals surface area (Å²) in [6.07, 6.45) is 7.72. The van der Waals surface area contributed by atoms with Crippen molar-refractivity contribution in [2.45, 2.75) is 38.9 Å². The van der Waals surface area contributed by atoms with Crippen molar-refractivity contribution in [2.24, 2.45) is 0 Å². The van der Waals surface area contributed by atoms with Crippen LogP contribution in [0.4, 0.5) is 0 Å². The lowest BCUT2D eigenvalue weighted by Gasteiger charge is -2.17. The van der Waals surface area contributed by atoms with E-state index in [2.05, 4.69) is 25.6 Å². The molecule has 0 aliphatic carbocycles. The Morgan fingerprint density at radius 1 is 0.966 bits per heavy atom. The summed E-state index contributed by atoms with van der Waals surface area (Å²) in [5.41, 5.74) is 2.87. The highest BCUT2D eigenvalue weighted by atomic mass is 16.2. The normalized spacial score (nSPS) is 12.8. The van der Waals surface area contributed by atoms with Gasteiger partial charge in [0.2, 0.25) is 0 Å². The average molecular weight is 390 g/mol. The standard InChI is InChI=1S/C21H22N6O2/c28-20(25-14-16-5-1-3-9-23-16)18-17-6-2-4-12-27(17)19(26-18)21(29)24-13-15-7-10-22-11-8-15/h1,3,5,7-11H,2,4,6,12-14H2,(H,24,29)(H,25,28). The second-order valence-electron chi connectivity index (χ2n) is 6.88. The number of pyridine rings is 2. The van der Waals surface area contributed by atoms with Crippen LogP contribution in [0.25, 0.3) is 0 Å². The van der Waals surface area contributed by atoms with Crippen LogP contribution >= 0.6 is 0 Å². The minimum Gasteiger partial charge on any atom is -0.345 e. The number of carbonyl (C=O) groups is 2. The summed E-state index contributed by atoms with van der Waals surface area (Å²) in [5.74, 6) is -0.278. The highest BCUT2D eigenvalue weighted by molar-refractivity contribution is 5.97. The highest BCUT2D eigenvalue weighted by Crippen LogP contribution is 2.21. The highest BCUT2D eigenvalue weighted by Gasteiger charge is 2.27. The summed E-state index contributed by atoms with van der Waals surface area (Å²) in [6, 6.07) is 9.24. The van der Waals surface area contributed by atoms with E-state index in [0.29, 0.717) is 25.3 Å². The molecule has 4 heterocycles. The SMILES string of the molecule is O=C(NCc1ccccn1)c1nc(C(=O)NCc2ccncc2)n2c1CCCC2. The molecule has 0 fully saturated rings. The molecule has 8 nitrogen and oxygen atoms in total. The third-order valence-electron chi connectivity index (χ3n) is 4.89. The van der Waals surface area contributed by atoms with E-state index in [1.54, 1.807) is 18.6 Å². The van der Waals surface area contributed by atoms with E-state index in [-0.39, 0.29) is 17.6 Å². The molecule has 29 heavy (non-hydrogen) atoms. The van der Waals surface area contributed by atoms with Gasteiger partial charge in [-0.1, -0.05) is 6.07 Å². The van der Waals surface area contributed by atoms with Gasteiger partial charge in [0.05, 0.1) is 17.9 Å². The fourth-order valence-corrected chi connectivity index (χ4v) is 3.42. The van der Waals surface area contributed by atoms with Gasteiger partial charge in [-0.05, 0) is 49.1 Å². The van der Waals surface area contributed by atoms with Gasteiger partial charge < -0.3 is 15.2 Å². The number of fused-ring (bicyclic) bond motifs is 1. The number of carbonyl (C=O) groups excluding carboxylic acids is 2. The van der Waals surface area contributed by atoms with Crippen molar-refractivity contribution in [1.82, 2.24) is 30.2 Å². The summed E-state index contributed by atoms with van der Waals surface area (Å²) in [4.78, 5) is 38.1. The molecule has 1 aliphatic heterocycles. The Bertz CT molecular complexity index is 921. The van der Waals surface area contributed by atoms with Gasteiger partial charge in [-0.2, -0.15) is 0 Å². The van der Waals surface area contributed by atoms with Crippen LogP contribution in [-0.4, -0.2) is 31.3 Å². The van der Waals surface area contributed by atoms with E-state index in [9.17, 15) is 9.59 Å². The first kappa shape index (κ1) is 18.8. The lowest BCUT2D eigenvalue weighted by Crippen LogP contribution is -2.27. The summed E-state index contributed by atoms with van der Waals surface area (Å²) in [5, 5.41) is 5.74. The predicted octanol–water partition coefficient (Wildman–Crippen LogP) is 1.87. The smallest absolute Gasteiger partial charge is 0.287 e. The number of nitrogens with zero attached hydrogens (tertiary/aromatic N) is 4. The lowest BCUT2D eigenvalue weighted by atomic mass is 10.1. The summed E-state index contributed by atoms with van der Waals surface area (Å²) in [7, 11) is 0. The second-order valence-corrected chi connectivity index (χ2v) is 6.88. The maximum Gasteiger partial charge on any atom is 0.287 e. The zero-order valence-corrected chi connectivity index (χ0v) is 16.0. The summed E-state index contributed by atoms with van der Waals surface area (Å²) < 4.78 is 1.88. The van der Waals surface area contributed by atoms with Gasteiger partial charge in [-0.15, -0.1) is 0 Å². The third kappa shape index (κ3) is 4.31. The zero-order chi connectivity index (χ0) is 20.1. The Morgan fingerprint density at radius 3 is 2.59 bits per heavy atom. The van der Waals surface area contributed by atoms with Crippen LogP contribution in [0.2, 0.25) is 0 Å². The minimum atomic E-state index is -0.284. The molecule has 0 bridgehead atoms. The molecule has 2 amide bonds. The van der Waals surface area contributed by atoms with Crippen molar-refractivity contribution in [3.8, 4) is 0 Å². The van der Waals surface area contributed by atoms with Gasteiger partial charge in [0.25, 0.3) is 11.8 Å². The van der Waals surface area contributed by atoms with Crippen LogP contribution in [-0.2, 0) is 26.1 Å². The number of aromatic nitrogens is 4. The first-order valence-corrected chi connectivity index (χ1v) is 9.67. The monoisotopic (exact) mass is 390 g/mol. The van der Waals surface area contributed by atoms with E-state index in [1.165, 1.54) is 0 Å². The molecular weight excluding hydrogens is 368 g/mol. The van der Waals surface area contributed by atoms with Crippen LogP contribution in [0.3, 0.4) is 0 Å². The summed E-state index contributed by atoms with van der Waals surface area (Å²) >= 11 is 0. The molecule has 0 spiro atoms. The molecule has 3 aromatic rings. The van der Waals surface area contributed by atoms with E-state index in [1.807, 2.05) is 34.9 Å². The molecule has 0 unspecified atom stereocenters. The number of imidazole rings is 1. The molecule has 3 aromatic heterocycles. The number of rotatable bonds is 6. The minimum absolute atomic E-state index is 0.283. The molecule has 4 rings (SSSR count). The molecule has 0 saturated heterocycles. The quantitative estimate of drug-likeness (QED) is 0.669. The fraction of sp³-hybridized carbons (Fsp3) is 0.286. The van der Waals surface area contributed by atoms with E-state index in [0.717, 1.165) is 36.2 Å². The molecule has 0 atom stereocenters. The summed E-state index contributed by atoms with van der Waals surface area (Å²) in [6.45, 7) is 1.38. The molecular formula is C21H22N6O2. The maximum absolute atomic E-state index is 12.8. The largest absolute Gasteiger partial charge is 0.345 e. The van der Waals surface area contributed by atoms with Crippen LogP contribution in [0.1, 0.15) is 50.9 Å². The van der Waals surface area contributed by atoms with Gasteiger partial charge in [0.1, 0.15) is 5.69 Å². The Morgan fingerprint density at radius 2 is 1.79 bits per heavy atom. The van der Waals surface area contributed by atoms with Crippen molar-refractivity contribution in [2.75, 3.05) is 0 Å².